The molecule has 2 heterocycles. The van der Waals surface area contributed by atoms with E-state index >= 15 is 0 Å². The predicted octanol–water partition coefficient (Wildman–Crippen LogP) is 1.82. The van der Waals surface area contributed by atoms with Crippen LogP contribution in [0.1, 0.15) is 30.3 Å². The number of aromatic nitrogens is 4. The van der Waals surface area contributed by atoms with Crippen molar-refractivity contribution in [2.45, 2.75) is 25.3 Å². The topological polar surface area (TPSA) is 63.6 Å². The van der Waals surface area contributed by atoms with Gasteiger partial charge in [0.05, 0.1) is 12.2 Å². The molecule has 0 aliphatic heterocycles. The van der Waals surface area contributed by atoms with Crippen LogP contribution in [0.3, 0.4) is 0 Å². The van der Waals surface area contributed by atoms with Gasteiger partial charge in [0.15, 0.2) is 0 Å². The summed E-state index contributed by atoms with van der Waals surface area (Å²) < 4.78 is 4.32. The summed E-state index contributed by atoms with van der Waals surface area (Å²) in [5.74, 6) is 1.61. The van der Waals surface area contributed by atoms with Gasteiger partial charge in [-0.25, -0.2) is 4.98 Å². The summed E-state index contributed by atoms with van der Waals surface area (Å²) in [6, 6.07) is 3.81. The molecule has 82 valence electrons. The number of anilines is 1. The van der Waals surface area contributed by atoms with Gasteiger partial charge in [0.1, 0.15) is 5.82 Å². The molecule has 3 rings (SSSR count). The van der Waals surface area contributed by atoms with E-state index in [1.807, 2.05) is 12.1 Å². The normalized spacial score (nSPS) is 15.0. The quantitative estimate of drug-likeness (QED) is 0.872. The van der Waals surface area contributed by atoms with Crippen molar-refractivity contribution in [3.63, 3.8) is 0 Å². The Hall–Kier alpha value is -1.56. The molecular weight excluding hydrogens is 222 g/mol. The largest absolute Gasteiger partial charge is 0.355 e. The molecule has 1 aliphatic carbocycles. The second-order valence-corrected chi connectivity index (χ2v) is 4.55. The molecule has 1 fully saturated rings. The van der Waals surface area contributed by atoms with Crippen LogP contribution in [-0.4, -0.2) is 19.6 Å². The Balaban J connectivity index is 1.61. The second-order valence-electron chi connectivity index (χ2n) is 3.80. The van der Waals surface area contributed by atoms with Gasteiger partial charge in [-0.1, -0.05) is 0 Å². The van der Waals surface area contributed by atoms with E-state index < -0.39 is 0 Å². The van der Waals surface area contributed by atoms with Crippen LogP contribution in [0, 0.1) is 0 Å². The third-order valence-corrected chi connectivity index (χ3v) is 3.12. The maximum atomic E-state index is 4.44. The van der Waals surface area contributed by atoms with Crippen molar-refractivity contribution in [3.05, 3.63) is 29.8 Å². The lowest BCUT2D eigenvalue weighted by Gasteiger charge is -1.99. The standard InChI is InChI=1S/C10H11N5S/c1-2-8(14-12-5-1)6-11-10-13-9(15-16-10)7-3-4-7/h1-2,5,7H,3-4,6H2,(H,11,13,15). The summed E-state index contributed by atoms with van der Waals surface area (Å²) in [6.07, 6.45) is 4.14. The second kappa shape index (κ2) is 4.13. The fraction of sp³-hybridized carbons (Fsp3) is 0.400. The summed E-state index contributed by atoms with van der Waals surface area (Å²) >= 11 is 1.42. The van der Waals surface area contributed by atoms with Crippen LogP contribution in [0.5, 0.6) is 0 Å². The van der Waals surface area contributed by atoms with Crippen LogP contribution in [0.15, 0.2) is 18.3 Å². The zero-order chi connectivity index (χ0) is 10.8. The van der Waals surface area contributed by atoms with Gasteiger partial charge >= 0.3 is 0 Å². The van der Waals surface area contributed by atoms with E-state index in [-0.39, 0.29) is 0 Å². The average Bonchev–Trinajstić information content (AvgIpc) is 3.08. The van der Waals surface area contributed by atoms with Crippen molar-refractivity contribution in [2.75, 3.05) is 5.32 Å². The first-order chi connectivity index (χ1) is 7.92. The van der Waals surface area contributed by atoms with Gasteiger partial charge in [-0.05, 0) is 25.0 Å². The SMILES string of the molecule is c1cnnc(CNc2nc(C3CC3)ns2)c1. The molecule has 5 nitrogen and oxygen atoms in total. The highest BCUT2D eigenvalue weighted by Crippen LogP contribution is 2.39. The average molecular weight is 233 g/mol. The van der Waals surface area contributed by atoms with Gasteiger partial charge in [0.25, 0.3) is 0 Å². The zero-order valence-corrected chi connectivity index (χ0v) is 9.44. The van der Waals surface area contributed by atoms with Gasteiger partial charge in [0, 0.05) is 23.6 Å². The van der Waals surface area contributed by atoms with E-state index in [0.717, 1.165) is 16.6 Å². The molecule has 0 spiro atoms. The number of rotatable bonds is 4. The molecule has 0 atom stereocenters. The lowest BCUT2D eigenvalue weighted by atomic mass is 10.4. The van der Waals surface area contributed by atoms with Crippen molar-refractivity contribution in [1.29, 1.82) is 0 Å². The minimum Gasteiger partial charge on any atom is -0.355 e. The Bertz CT molecular complexity index is 465. The Morgan fingerprint density at radius 1 is 1.44 bits per heavy atom. The van der Waals surface area contributed by atoms with Crippen molar-refractivity contribution in [1.82, 2.24) is 19.6 Å². The number of nitrogens with one attached hydrogen (secondary N) is 1. The highest BCUT2D eigenvalue weighted by molar-refractivity contribution is 7.09. The maximum Gasteiger partial charge on any atom is 0.202 e. The van der Waals surface area contributed by atoms with Crippen molar-refractivity contribution >= 4 is 16.7 Å². The summed E-state index contributed by atoms with van der Waals surface area (Å²) in [7, 11) is 0. The Morgan fingerprint density at radius 3 is 3.12 bits per heavy atom. The molecule has 0 aromatic carbocycles. The van der Waals surface area contributed by atoms with Crippen molar-refractivity contribution < 1.29 is 0 Å². The lowest BCUT2D eigenvalue weighted by Crippen LogP contribution is -2.01. The summed E-state index contributed by atoms with van der Waals surface area (Å²) in [5.41, 5.74) is 0.908. The number of nitrogens with zero attached hydrogens (tertiary/aromatic N) is 4. The molecule has 1 aliphatic rings. The molecule has 0 unspecified atom stereocenters. The first-order valence-corrected chi connectivity index (χ1v) is 6.03. The van der Waals surface area contributed by atoms with Crippen LogP contribution in [-0.2, 0) is 6.54 Å². The van der Waals surface area contributed by atoms with Crippen molar-refractivity contribution in [2.24, 2.45) is 0 Å². The summed E-state index contributed by atoms with van der Waals surface area (Å²) in [6.45, 7) is 0.646. The van der Waals surface area contributed by atoms with E-state index in [0.29, 0.717) is 12.5 Å². The van der Waals surface area contributed by atoms with Gasteiger partial charge in [-0.15, -0.1) is 0 Å². The fourth-order valence-electron chi connectivity index (χ4n) is 1.41. The third-order valence-electron chi connectivity index (χ3n) is 2.43. The Morgan fingerprint density at radius 2 is 2.38 bits per heavy atom. The minimum absolute atomic E-state index is 0.614. The van der Waals surface area contributed by atoms with Crippen LogP contribution < -0.4 is 5.32 Å². The molecule has 1 saturated carbocycles. The molecule has 6 heteroatoms. The van der Waals surface area contributed by atoms with Gasteiger partial charge in [-0.2, -0.15) is 14.6 Å². The molecule has 2 aromatic heterocycles. The number of hydrogen-bond acceptors (Lipinski definition) is 6. The monoisotopic (exact) mass is 233 g/mol. The molecule has 0 radical (unpaired) electrons. The van der Waals surface area contributed by atoms with E-state index in [2.05, 4.69) is 24.9 Å². The zero-order valence-electron chi connectivity index (χ0n) is 8.63. The first kappa shape index (κ1) is 9.65. The van der Waals surface area contributed by atoms with E-state index in [1.165, 1.54) is 24.4 Å². The molecule has 2 aromatic rings. The summed E-state index contributed by atoms with van der Waals surface area (Å²) in [5, 5.41) is 11.9. The first-order valence-electron chi connectivity index (χ1n) is 5.26. The molecule has 0 saturated heterocycles. The van der Waals surface area contributed by atoms with Crippen LogP contribution in [0.4, 0.5) is 5.13 Å². The Labute approximate surface area is 97.1 Å². The predicted molar refractivity (Wildman–Crippen MR) is 61.2 cm³/mol. The van der Waals surface area contributed by atoms with E-state index in [4.69, 9.17) is 0 Å². The van der Waals surface area contributed by atoms with Crippen LogP contribution >= 0.6 is 11.5 Å². The number of hydrogen-bond donors (Lipinski definition) is 1. The lowest BCUT2D eigenvalue weighted by molar-refractivity contribution is 0.919. The minimum atomic E-state index is 0.614. The molecule has 1 N–H and O–H groups in total. The highest BCUT2D eigenvalue weighted by Gasteiger charge is 2.27. The maximum absolute atomic E-state index is 4.44. The van der Waals surface area contributed by atoms with Crippen LogP contribution in [0.25, 0.3) is 0 Å². The van der Waals surface area contributed by atoms with E-state index in [1.54, 1.807) is 6.20 Å². The molecule has 16 heavy (non-hydrogen) atoms. The van der Waals surface area contributed by atoms with Gasteiger partial charge in [-0.3, -0.25) is 0 Å². The van der Waals surface area contributed by atoms with Gasteiger partial charge in [0.2, 0.25) is 5.13 Å². The Kier molecular flexibility index (Phi) is 2.49. The molecule has 0 amide bonds. The van der Waals surface area contributed by atoms with Gasteiger partial charge < -0.3 is 5.32 Å². The highest BCUT2D eigenvalue weighted by atomic mass is 32.1. The molecule has 0 bridgehead atoms. The smallest absolute Gasteiger partial charge is 0.202 e. The third kappa shape index (κ3) is 2.16. The fourth-order valence-corrected chi connectivity index (χ4v) is 2.05. The summed E-state index contributed by atoms with van der Waals surface area (Å²) in [4.78, 5) is 4.44. The van der Waals surface area contributed by atoms with E-state index in [9.17, 15) is 0 Å². The van der Waals surface area contributed by atoms with Crippen LogP contribution in [0.2, 0.25) is 0 Å². The van der Waals surface area contributed by atoms with Crippen molar-refractivity contribution in [3.8, 4) is 0 Å². The molecular formula is C10H11N5S.